The van der Waals surface area contributed by atoms with Crippen LogP contribution in [0, 0.1) is 0 Å². The molecule has 0 saturated heterocycles. The lowest BCUT2D eigenvalue weighted by Gasteiger charge is -2.04. The zero-order valence-electron chi connectivity index (χ0n) is 7.63. The predicted octanol–water partition coefficient (Wildman–Crippen LogP) is 2.52. The molecule has 1 aromatic rings. The number of hydrogen-bond acceptors (Lipinski definition) is 2. The number of rotatable bonds is 4. The molecule has 0 heterocycles. The van der Waals surface area contributed by atoms with Crippen molar-refractivity contribution in [2.45, 2.75) is 13.3 Å². The highest BCUT2D eigenvalue weighted by atomic mass is 16.5. The Balaban J connectivity index is 2.53. The van der Waals surface area contributed by atoms with Crippen LogP contribution in [0.25, 0.3) is 0 Å². The lowest BCUT2D eigenvalue weighted by atomic mass is 10.3. The molecule has 66 valence electrons. The summed E-state index contributed by atoms with van der Waals surface area (Å²) in [5.41, 5.74) is 1.11. The molecular weight excluding hydrogens is 150 g/mol. The first-order chi connectivity index (χ1) is 5.86. The fourth-order valence-corrected chi connectivity index (χ4v) is 0.938. The molecule has 0 radical (unpaired) electrons. The highest BCUT2D eigenvalue weighted by Crippen LogP contribution is 2.14. The Labute approximate surface area is 73.6 Å². The topological polar surface area (TPSA) is 21.3 Å². The number of ether oxygens (including phenoxy) is 1. The van der Waals surface area contributed by atoms with E-state index in [0.717, 1.165) is 24.5 Å². The van der Waals surface area contributed by atoms with E-state index in [1.807, 2.05) is 31.3 Å². The fraction of sp³-hybridized carbons (Fsp3) is 0.400. The molecule has 0 aliphatic rings. The monoisotopic (exact) mass is 165 g/mol. The molecule has 0 bridgehead atoms. The number of nitrogens with one attached hydrogen (secondary N) is 1. The van der Waals surface area contributed by atoms with Crippen LogP contribution in [0.15, 0.2) is 24.3 Å². The van der Waals surface area contributed by atoms with Crippen molar-refractivity contribution in [1.29, 1.82) is 0 Å². The zero-order valence-corrected chi connectivity index (χ0v) is 7.63. The summed E-state index contributed by atoms with van der Waals surface area (Å²) in [5, 5.41) is 3.05. The van der Waals surface area contributed by atoms with Crippen molar-refractivity contribution in [3.05, 3.63) is 24.3 Å². The summed E-state index contributed by atoms with van der Waals surface area (Å²) in [6.07, 6.45) is 1.05. The van der Waals surface area contributed by atoms with Crippen LogP contribution in [0.5, 0.6) is 5.75 Å². The van der Waals surface area contributed by atoms with Gasteiger partial charge in [0.2, 0.25) is 0 Å². The van der Waals surface area contributed by atoms with E-state index < -0.39 is 0 Å². The maximum absolute atomic E-state index is 5.43. The minimum absolute atomic E-state index is 0.791. The Hall–Kier alpha value is -1.18. The van der Waals surface area contributed by atoms with Gasteiger partial charge in [-0.25, -0.2) is 0 Å². The lowest BCUT2D eigenvalue weighted by Crippen LogP contribution is -1.95. The minimum Gasteiger partial charge on any atom is -0.494 e. The van der Waals surface area contributed by atoms with Crippen molar-refractivity contribution in [2.75, 3.05) is 19.0 Å². The third kappa shape index (κ3) is 2.46. The summed E-state index contributed by atoms with van der Waals surface area (Å²) in [4.78, 5) is 0. The van der Waals surface area contributed by atoms with Gasteiger partial charge in [-0.2, -0.15) is 0 Å². The van der Waals surface area contributed by atoms with Gasteiger partial charge in [0, 0.05) is 12.7 Å². The molecule has 0 amide bonds. The molecule has 2 heteroatoms. The third-order valence-corrected chi connectivity index (χ3v) is 1.62. The van der Waals surface area contributed by atoms with Gasteiger partial charge in [-0.05, 0) is 30.7 Å². The zero-order chi connectivity index (χ0) is 8.81. The second-order valence-electron chi connectivity index (χ2n) is 2.62. The summed E-state index contributed by atoms with van der Waals surface area (Å²) in [6, 6.07) is 7.96. The molecule has 0 atom stereocenters. The fourth-order valence-electron chi connectivity index (χ4n) is 0.938. The summed E-state index contributed by atoms with van der Waals surface area (Å²) in [5.74, 6) is 0.941. The molecule has 1 rings (SSSR count). The van der Waals surface area contributed by atoms with E-state index in [1.54, 1.807) is 0 Å². The van der Waals surface area contributed by atoms with Gasteiger partial charge in [0.1, 0.15) is 5.75 Å². The molecule has 0 aliphatic heterocycles. The number of benzene rings is 1. The van der Waals surface area contributed by atoms with Crippen LogP contribution in [-0.2, 0) is 0 Å². The molecule has 0 aromatic heterocycles. The van der Waals surface area contributed by atoms with Crippen molar-refractivity contribution in [2.24, 2.45) is 0 Å². The standard InChI is InChI=1S/C10H15NO/c1-3-8-12-10-6-4-9(11-2)5-7-10/h4-7,11H,3,8H2,1-2H3. The normalized spacial score (nSPS) is 9.50. The first kappa shape index (κ1) is 8.91. The molecule has 0 fully saturated rings. The first-order valence-corrected chi connectivity index (χ1v) is 4.27. The van der Waals surface area contributed by atoms with E-state index in [1.165, 1.54) is 0 Å². The van der Waals surface area contributed by atoms with Crippen LogP contribution in [0.3, 0.4) is 0 Å². The van der Waals surface area contributed by atoms with E-state index in [9.17, 15) is 0 Å². The van der Waals surface area contributed by atoms with Crippen molar-refractivity contribution >= 4 is 5.69 Å². The molecule has 0 spiro atoms. The SMILES string of the molecule is CCCOc1ccc(NC)cc1. The summed E-state index contributed by atoms with van der Waals surface area (Å²) < 4.78 is 5.43. The Morgan fingerprint density at radius 3 is 2.42 bits per heavy atom. The maximum atomic E-state index is 5.43. The van der Waals surface area contributed by atoms with Gasteiger partial charge in [-0.1, -0.05) is 6.92 Å². The van der Waals surface area contributed by atoms with Gasteiger partial charge in [-0.15, -0.1) is 0 Å². The van der Waals surface area contributed by atoms with Gasteiger partial charge in [0.25, 0.3) is 0 Å². The van der Waals surface area contributed by atoms with Crippen molar-refractivity contribution in [3.8, 4) is 5.75 Å². The molecular formula is C10H15NO. The quantitative estimate of drug-likeness (QED) is 0.740. The van der Waals surface area contributed by atoms with Crippen molar-refractivity contribution in [1.82, 2.24) is 0 Å². The van der Waals surface area contributed by atoms with Gasteiger partial charge >= 0.3 is 0 Å². The molecule has 0 unspecified atom stereocenters. The van der Waals surface area contributed by atoms with E-state index in [0.29, 0.717) is 0 Å². The molecule has 2 nitrogen and oxygen atoms in total. The van der Waals surface area contributed by atoms with Crippen LogP contribution < -0.4 is 10.1 Å². The minimum atomic E-state index is 0.791. The molecule has 12 heavy (non-hydrogen) atoms. The number of hydrogen-bond donors (Lipinski definition) is 1. The molecule has 0 saturated carbocycles. The molecule has 1 aromatic carbocycles. The second-order valence-corrected chi connectivity index (χ2v) is 2.62. The second kappa shape index (κ2) is 4.65. The summed E-state index contributed by atoms with van der Waals surface area (Å²) in [6.45, 7) is 2.89. The Bertz CT molecular complexity index is 218. The average Bonchev–Trinajstić information content (AvgIpc) is 2.15. The first-order valence-electron chi connectivity index (χ1n) is 4.27. The van der Waals surface area contributed by atoms with E-state index in [-0.39, 0.29) is 0 Å². The smallest absolute Gasteiger partial charge is 0.119 e. The highest BCUT2D eigenvalue weighted by molar-refractivity contribution is 5.45. The van der Waals surface area contributed by atoms with Crippen LogP contribution >= 0.6 is 0 Å². The molecule has 0 aliphatic carbocycles. The van der Waals surface area contributed by atoms with Crippen LogP contribution in [0.4, 0.5) is 5.69 Å². The van der Waals surface area contributed by atoms with Gasteiger partial charge in [-0.3, -0.25) is 0 Å². The van der Waals surface area contributed by atoms with E-state index in [2.05, 4.69) is 12.2 Å². The van der Waals surface area contributed by atoms with Crippen molar-refractivity contribution < 1.29 is 4.74 Å². The summed E-state index contributed by atoms with van der Waals surface area (Å²) in [7, 11) is 1.90. The maximum Gasteiger partial charge on any atom is 0.119 e. The Kier molecular flexibility index (Phi) is 3.45. The van der Waals surface area contributed by atoms with Crippen molar-refractivity contribution in [3.63, 3.8) is 0 Å². The van der Waals surface area contributed by atoms with Crippen LogP contribution in [0.1, 0.15) is 13.3 Å². The summed E-state index contributed by atoms with van der Waals surface area (Å²) >= 11 is 0. The van der Waals surface area contributed by atoms with Gasteiger partial charge < -0.3 is 10.1 Å². The average molecular weight is 165 g/mol. The van der Waals surface area contributed by atoms with Crippen LogP contribution in [-0.4, -0.2) is 13.7 Å². The highest BCUT2D eigenvalue weighted by Gasteiger charge is 1.91. The largest absolute Gasteiger partial charge is 0.494 e. The van der Waals surface area contributed by atoms with Gasteiger partial charge in [0.05, 0.1) is 6.61 Å². The van der Waals surface area contributed by atoms with E-state index >= 15 is 0 Å². The Morgan fingerprint density at radius 2 is 1.92 bits per heavy atom. The molecule has 1 N–H and O–H groups in total. The Morgan fingerprint density at radius 1 is 1.25 bits per heavy atom. The van der Waals surface area contributed by atoms with Gasteiger partial charge in [0.15, 0.2) is 0 Å². The predicted molar refractivity (Wildman–Crippen MR) is 51.8 cm³/mol. The van der Waals surface area contributed by atoms with Crippen LogP contribution in [0.2, 0.25) is 0 Å². The lowest BCUT2D eigenvalue weighted by molar-refractivity contribution is 0.317. The third-order valence-electron chi connectivity index (χ3n) is 1.62. The van der Waals surface area contributed by atoms with E-state index in [4.69, 9.17) is 4.74 Å². The number of anilines is 1.